The molecule has 31 heavy (non-hydrogen) atoms. The van der Waals surface area contributed by atoms with E-state index in [0.29, 0.717) is 5.92 Å². The first kappa shape index (κ1) is 25.1. The first-order valence-corrected chi connectivity index (χ1v) is 13.1. The van der Waals surface area contributed by atoms with Gasteiger partial charge in [0.2, 0.25) is 0 Å². The van der Waals surface area contributed by atoms with Crippen LogP contribution in [0.3, 0.4) is 0 Å². The molecule has 2 atom stereocenters. The van der Waals surface area contributed by atoms with Crippen molar-refractivity contribution in [1.29, 1.82) is 0 Å². The lowest BCUT2D eigenvalue weighted by molar-refractivity contribution is -0.0250. The van der Waals surface area contributed by atoms with Gasteiger partial charge in [-0.25, -0.2) is 0 Å². The van der Waals surface area contributed by atoms with Crippen LogP contribution in [0.25, 0.3) is 0 Å². The fraction of sp³-hybridized carbons (Fsp3) is 0.769. The molecule has 176 valence electrons. The molecule has 1 aromatic carbocycles. The summed E-state index contributed by atoms with van der Waals surface area (Å²) in [5.74, 6) is 0.614. The second kappa shape index (κ2) is 8.06. The average Bonchev–Trinajstić information content (AvgIpc) is 2.65. The van der Waals surface area contributed by atoms with E-state index in [2.05, 4.69) is 85.4 Å². The number of piperidine rings is 2. The molecule has 2 heterocycles. The van der Waals surface area contributed by atoms with Gasteiger partial charge in [-0.2, -0.15) is 0 Å². The van der Waals surface area contributed by atoms with Gasteiger partial charge in [0, 0.05) is 39.3 Å². The van der Waals surface area contributed by atoms with Crippen LogP contribution in [-0.4, -0.2) is 55.8 Å². The van der Waals surface area contributed by atoms with Crippen molar-refractivity contribution in [3.63, 3.8) is 0 Å². The Hall–Kier alpha value is -0.510. The molecule has 2 aliphatic rings. The minimum absolute atomic E-state index is 0.0211. The molecule has 4 nitrogen and oxygen atoms in total. The van der Waals surface area contributed by atoms with E-state index in [0.717, 1.165) is 31.0 Å². The highest BCUT2D eigenvalue weighted by Gasteiger charge is 2.50. The third-order valence-corrected chi connectivity index (χ3v) is 10.2. The Morgan fingerprint density at radius 3 is 1.71 bits per heavy atom. The maximum Gasteiger partial charge on any atom is 0.199 e. The summed E-state index contributed by atoms with van der Waals surface area (Å²) in [5, 5.41) is 0.752. The zero-order chi connectivity index (χ0) is 23.6. The van der Waals surface area contributed by atoms with Crippen molar-refractivity contribution < 1.29 is 9.79 Å². The molecule has 3 rings (SSSR count). The molecule has 1 aromatic rings. The summed E-state index contributed by atoms with van der Waals surface area (Å²) in [6.45, 7) is 18.7. The van der Waals surface area contributed by atoms with E-state index in [-0.39, 0.29) is 28.1 Å². The maximum atomic E-state index is 10.5. The molecule has 2 N–H and O–H groups in total. The van der Waals surface area contributed by atoms with Crippen LogP contribution in [0.15, 0.2) is 18.2 Å². The molecule has 0 amide bonds. The van der Waals surface area contributed by atoms with Crippen LogP contribution in [0.1, 0.15) is 104 Å². The highest BCUT2D eigenvalue weighted by molar-refractivity contribution is 7.54. The monoisotopic (exact) mass is 448 g/mol. The highest BCUT2D eigenvalue weighted by atomic mass is 31.2. The molecule has 0 bridgehead atoms. The quantitative estimate of drug-likeness (QED) is 0.613. The summed E-state index contributed by atoms with van der Waals surface area (Å²) in [6, 6.07) is 6.26. The number of likely N-dealkylation sites (tertiary alicyclic amines) is 2. The maximum absolute atomic E-state index is 10.5. The van der Waals surface area contributed by atoms with Crippen LogP contribution < -0.4 is 5.30 Å². The largest absolute Gasteiger partial charge is 0.347 e. The lowest BCUT2D eigenvalue weighted by atomic mass is 9.64. The molecule has 0 radical (unpaired) electrons. The molecule has 2 fully saturated rings. The van der Waals surface area contributed by atoms with Gasteiger partial charge in [0.25, 0.3) is 0 Å². The van der Waals surface area contributed by atoms with Gasteiger partial charge in [0.05, 0.1) is 0 Å². The van der Waals surface area contributed by atoms with E-state index in [1.807, 2.05) is 12.1 Å². The van der Waals surface area contributed by atoms with E-state index < -0.39 is 8.38 Å². The van der Waals surface area contributed by atoms with Gasteiger partial charge in [-0.3, -0.25) is 9.80 Å². The summed E-state index contributed by atoms with van der Waals surface area (Å²) in [5.41, 5.74) is 2.72. The number of benzene rings is 1. The van der Waals surface area contributed by atoms with Gasteiger partial charge >= 0.3 is 0 Å². The van der Waals surface area contributed by atoms with Crippen LogP contribution in [0.5, 0.6) is 0 Å². The molecule has 0 spiro atoms. The van der Waals surface area contributed by atoms with Crippen molar-refractivity contribution in [3.05, 3.63) is 29.3 Å². The molecule has 2 unspecified atom stereocenters. The minimum atomic E-state index is -2.15. The zero-order valence-corrected chi connectivity index (χ0v) is 22.3. The summed E-state index contributed by atoms with van der Waals surface area (Å²) >= 11 is 0. The molecule has 5 heteroatoms. The van der Waals surface area contributed by atoms with Crippen molar-refractivity contribution in [2.45, 2.75) is 115 Å². The number of hydrogen-bond donors (Lipinski definition) is 2. The molecular formula is C26H45N2O2P. The third-order valence-electron chi connectivity index (χ3n) is 9.40. The van der Waals surface area contributed by atoms with Crippen molar-refractivity contribution in [1.82, 2.24) is 9.80 Å². The van der Waals surface area contributed by atoms with E-state index in [9.17, 15) is 9.79 Å². The number of rotatable bonds is 3. The Labute approximate surface area is 191 Å². The van der Waals surface area contributed by atoms with Gasteiger partial charge in [0.15, 0.2) is 8.38 Å². The minimum Gasteiger partial charge on any atom is -0.347 e. The van der Waals surface area contributed by atoms with Gasteiger partial charge < -0.3 is 9.79 Å². The predicted molar refractivity (Wildman–Crippen MR) is 133 cm³/mol. The SMILES string of the molecule is CN1C(C)(C)CCC(c2cccc(P(O)O)c2C2CCC(C)(C)N(C)C2(C)C)C1(C)C. The lowest BCUT2D eigenvalue weighted by Gasteiger charge is -2.58. The lowest BCUT2D eigenvalue weighted by Crippen LogP contribution is -2.61. The first-order valence-electron chi connectivity index (χ1n) is 11.8. The van der Waals surface area contributed by atoms with Crippen molar-refractivity contribution >= 4 is 13.7 Å². The van der Waals surface area contributed by atoms with Gasteiger partial charge in [-0.05, 0) is 112 Å². The van der Waals surface area contributed by atoms with Gasteiger partial charge in [-0.1, -0.05) is 12.1 Å². The molecule has 0 aliphatic carbocycles. The second-order valence-corrected chi connectivity index (χ2v) is 13.4. The standard InChI is InChI=1S/C26H45N2O2P/c1-23(2)16-14-19(25(5,6)27(23)9)18-12-11-13-21(31(29)30)22(18)20-15-17-24(3,4)28(10)26(20,7)8/h11-13,19-20,29-30H,14-17H2,1-10H3. The van der Waals surface area contributed by atoms with Crippen LogP contribution >= 0.6 is 8.38 Å². The van der Waals surface area contributed by atoms with E-state index >= 15 is 0 Å². The second-order valence-electron chi connectivity index (χ2n) is 12.3. The van der Waals surface area contributed by atoms with Crippen LogP contribution in [0, 0.1) is 0 Å². The number of nitrogens with zero attached hydrogens (tertiary/aromatic N) is 2. The Morgan fingerprint density at radius 2 is 1.23 bits per heavy atom. The van der Waals surface area contributed by atoms with Gasteiger partial charge in [0.1, 0.15) is 0 Å². The molecule has 0 aromatic heterocycles. The van der Waals surface area contributed by atoms with E-state index in [1.54, 1.807) is 0 Å². The topological polar surface area (TPSA) is 46.9 Å². The Balaban J connectivity index is 2.18. The van der Waals surface area contributed by atoms with Crippen molar-refractivity contribution in [2.24, 2.45) is 0 Å². The van der Waals surface area contributed by atoms with E-state index in [4.69, 9.17) is 0 Å². The zero-order valence-electron chi connectivity index (χ0n) is 21.5. The summed E-state index contributed by atoms with van der Waals surface area (Å²) in [7, 11) is 2.33. The van der Waals surface area contributed by atoms with Gasteiger partial charge in [-0.15, -0.1) is 0 Å². The molecule has 2 aliphatic heterocycles. The summed E-state index contributed by atoms with van der Waals surface area (Å²) in [4.78, 5) is 26.0. The normalized spacial score (nSPS) is 30.5. The fourth-order valence-corrected chi connectivity index (χ4v) is 7.25. The molecule has 2 saturated heterocycles. The van der Waals surface area contributed by atoms with Crippen molar-refractivity contribution in [3.8, 4) is 0 Å². The first-order chi connectivity index (χ1) is 14.0. The summed E-state index contributed by atoms with van der Waals surface area (Å²) in [6.07, 6.45) is 4.41. The Bertz CT molecular complexity index is 816. The third kappa shape index (κ3) is 4.13. The predicted octanol–water partition coefficient (Wildman–Crippen LogP) is 5.34. The van der Waals surface area contributed by atoms with Crippen LogP contribution in [0.2, 0.25) is 0 Å². The fourth-order valence-electron chi connectivity index (χ4n) is 6.53. The molecular weight excluding hydrogens is 403 g/mol. The Kier molecular flexibility index (Phi) is 6.53. The van der Waals surface area contributed by atoms with Crippen LogP contribution in [-0.2, 0) is 0 Å². The Morgan fingerprint density at radius 1 is 0.774 bits per heavy atom. The average molecular weight is 449 g/mol. The smallest absolute Gasteiger partial charge is 0.199 e. The van der Waals surface area contributed by atoms with Crippen LogP contribution in [0.4, 0.5) is 0 Å². The van der Waals surface area contributed by atoms with Crippen molar-refractivity contribution in [2.75, 3.05) is 14.1 Å². The number of likely N-dealkylation sites (N-methyl/N-ethyl adjacent to an activating group) is 2. The summed E-state index contributed by atoms with van der Waals surface area (Å²) < 4.78 is 0. The molecule has 0 saturated carbocycles. The van der Waals surface area contributed by atoms with E-state index in [1.165, 1.54) is 11.1 Å². The highest BCUT2D eigenvalue weighted by Crippen LogP contribution is 2.52. The number of hydrogen-bond acceptors (Lipinski definition) is 4.